The Hall–Kier alpha value is -2.00. The molecule has 0 aliphatic carbocycles. The van der Waals surface area contributed by atoms with Crippen molar-refractivity contribution >= 4 is 29.1 Å². The predicted molar refractivity (Wildman–Crippen MR) is 93.6 cm³/mol. The first-order valence-electron chi connectivity index (χ1n) is 8.33. The topological polar surface area (TPSA) is 103 Å². The van der Waals surface area contributed by atoms with E-state index in [9.17, 15) is 14.4 Å². The highest BCUT2D eigenvalue weighted by Gasteiger charge is 2.39. The van der Waals surface area contributed by atoms with Gasteiger partial charge >= 0.3 is 5.97 Å². The van der Waals surface area contributed by atoms with E-state index >= 15 is 0 Å². The molecule has 2 rings (SSSR count). The molecular weight excluding hydrogens is 344 g/mol. The molecule has 2 heterocycles. The summed E-state index contributed by atoms with van der Waals surface area (Å²) in [6.07, 6.45) is 0.400. The second kappa shape index (κ2) is 8.39. The fourth-order valence-corrected chi connectivity index (χ4v) is 3.68. The van der Waals surface area contributed by atoms with Gasteiger partial charge in [0.2, 0.25) is 5.91 Å². The third kappa shape index (κ3) is 4.76. The number of likely N-dealkylation sites (N-methyl/N-ethyl adjacent to an activating group) is 1. The lowest BCUT2D eigenvalue weighted by atomic mass is 10.1. The van der Waals surface area contributed by atoms with Crippen LogP contribution in [0.25, 0.3) is 0 Å². The average Bonchev–Trinajstić information content (AvgIpc) is 3.14. The summed E-state index contributed by atoms with van der Waals surface area (Å²) >= 11 is 1.39. The van der Waals surface area contributed by atoms with Crippen molar-refractivity contribution in [2.45, 2.75) is 39.3 Å². The molecule has 9 heteroatoms. The lowest BCUT2D eigenvalue weighted by Crippen LogP contribution is -2.47. The number of carbonyl (C=O) groups is 3. The monoisotopic (exact) mass is 368 g/mol. The Kier molecular flexibility index (Phi) is 6.49. The fourth-order valence-electron chi connectivity index (χ4n) is 3.09. The van der Waals surface area contributed by atoms with Gasteiger partial charge in [-0.2, -0.15) is 0 Å². The standard InChI is InChI=1S/C16H24N4O4S/c1-4-19(5-2)16(24)13-6-11(7-20(13)8-14(21)22)18-15(23)12-9-25-10(3)17-12/h9,11,13H,4-8H2,1-3H3,(H,18,23)(H,21,22)/t11-,13-/m0/s1. The largest absolute Gasteiger partial charge is 0.480 e. The number of carboxylic acids is 1. The van der Waals surface area contributed by atoms with Crippen LogP contribution in [-0.4, -0.2) is 75.9 Å². The molecule has 1 aromatic rings. The zero-order chi connectivity index (χ0) is 18.6. The number of nitrogens with zero attached hydrogens (tertiary/aromatic N) is 3. The molecular formula is C16H24N4O4S. The number of hydrogen-bond donors (Lipinski definition) is 2. The molecule has 8 nitrogen and oxygen atoms in total. The molecule has 0 spiro atoms. The summed E-state index contributed by atoms with van der Waals surface area (Å²) in [7, 11) is 0. The average molecular weight is 368 g/mol. The summed E-state index contributed by atoms with van der Waals surface area (Å²) < 4.78 is 0. The van der Waals surface area contributed by atoms with Crippen LogP contribution >= 0.6 is 11.3 Å². The van der Waals surface area contributed by atoms with Crippen LogP contribution < -0.4 is 5.32 Å². The SMILES string of the molecule is CCN(CC)C(=O)[C@@H]1C[C@H](NC(=O)c2csc(C)n2)CN1CC(=O)O. The molecule has 2 amide bonds. The van der Waals surface area contributed by atoms with Crippen molar-refractivity contribution in [3.05, 3.63) is 16.1 Å². The van der Waals surface area contributed by atoms with Gasteiger partial charge in [-0.15, -0.1) is 11.3 Å². The minimum Gasteiger partial charge on any atom is -0.480 e. The van der Waals surface area contributed by atoms with Crippen molar-refractivity contribution in [1.82, 2.24) is 20.1 Å². The normalized spacial score (nSPS) is 20.4. The van der Waals surface area contributed by atoms with E-state index in [0.29, 0.717) is 31.7 Å². The number of aryl methyl sites for hydroxylation is 1. The maximum absolute atomic E-state index is 12.7. The Morgan fingerprint density at radius 1 is 1.40 bits per heavy atom. The number of amides is 2. The number of thiazole rings is 1. The molecule has 25 heavy (non-hydrogen) atoms. The summed E-state index contributed by atoms with van der Waals surface area (Å²) in [5.74, 6) is -1.37. The van der Waals surface area contributed by atoms with Crippen molar-refractivity contribution < 1.29 is 19.5 Å². The van der Waals surface area contributed by atoms with Crippen LogP contribution in [0, 0.1) is 6.92 Å². The van der Waals surface area contributed by atoms with Crippen LogP contribution in [0.2, 0.25) is 0 Å². The molecule has 0 radical (unpaired) electrons. The molecule has 2 atom stereocenters. The van der Waals surface area contributed by atoms with E-state index in [1.165, 1.54) is 11.3 Å². The van der Waals surface area contributed by atoms with Crippen molar-refractivity contribution in [1.29, 1.82) is 0 Å². The first kappa shape index (κ1) is 19.3. The molecule has 0 aromatic carbocycles. The molecule has 1 fully saturated rings. The number of hydrogen-bond acceptors (Lipinski definition) is 6. The molecule has 1 aliphatic heterocycles. The van der Waals surface area contributed by atoms with Gasteiger partial charge in [0.25, 0.3) is 5.91 Å². The third-order valence-corrected chi connectivity index (χ3v) is 5.06. The highest BCUT2D eigenvalue weighted by atomic mass is 32.1. The summed E-state index contributed by atoms with van der Waals surface area (Å²) in [5.41, 5.74) is 0.353. The summed E-state index contributed by atoms with van der Waals surface area (Å²) in [6.45, 7) is 6.86. The Balaban J connectivity index is 2.07. The van der Waals surface area contributed by atoms with Gasteiger partial charge in [-0.25, -0.2) is 4.98 Å². The second-order valence-electron chi connectivity index (χ2n) is 6.01. The van der Waals surface area contributed by atoms with Crippen LogP contribution in [0.1, 0.15) is 35.8 Å². The van der Waals surface area contributed by atoms with Crippen LogP contribution in [-0.2, 0) is 9.59 Å². The van der Waals surface area contributed by atoms with Crippen LogP contribution in [0.5, 0.6) is 0 Å². The minimum atomic E-state index is -0.987. The fraction of sp³-hybridized carbons (Fsp3) is 0.625. The highest BCUT2D eigenvalue weighted by molar-refractivity contribution is 7.09. The van der Waals surface area contributed by atoms with Crippen LogP contribution in [0.15, 0.2) is 5.38 Å². The quantitative estimate of drug-likeness (QED) is 0.730. The predicted octanol–water partition coefficient (Wildman–Crippen LogP) is 0.577. The van der Waals surface area contributed by atoms with E-state index in [-0.39, 0.29) is 24.4 Å². The number of carboxylic acid groups (broad SMARTS) is 1. The number of nitrogens with one attached hydrogen (secondary N) is 1. The van der Waals surface area contributed by atoms with E-state index < -0.39 is 12.0 Å². The highest BCUT2D eigenvalue weighted by Crippen LogP contribution is 2.20. The Morgan fingerprint density at radius 2 is 2.08 bits per heavy atom. The third-order valence-electron chi connectivity index (χ3n) is 4.29. The lowest BCUT2D eigenvalue weighted by Gasteiger charge is -2.27. The Labute approximate surface area is 150 Å². The minimum absolute atomic E-state index is 0.0903. The maximum atomic E-state index is 12.7. The summed E-state index contributed by atoms with van der Waals surface area (Å²) in [5, 5.41) is 14.5. The summed E-state index contributed by atoms with van der Waals surface area (Å²) in [4.78, 5) is 43.5. The summed E-state index contributed by atoms with van der Waals surface area (Å²) in [6, 6.07) is -0.808. The Bertz CT molecular complexity index is 644. The van der Waals surface area contributed by atoms with Crippen LogP contribution in [0.4, 0.5) is 0 Å². The van der Waals surface area contributed by atoms with Gasteiger partial charge in [0.1, 0.15) is 5.69 Å². The molecule has 2 N–H and O–H groups in total. The van der Waals surface area contributed by atoms with E-state index in [1.54, 1.807) is 15.2 Å². The number of carbonyl (C=O) groups excluding carboxylic acids is 2. The number of likely N-dealkylation sites (tertiary alicyclic amines) is 1. The van der Waals surface area contributed by atoms with Crippen molar-refractivity contribution in [2.24, 2.45) is 0 Å². The van der Waals surface area contributed by atoms with Crippen LogP contribution in [0.3, 0.4) is 0 Å². The zero-order valence-electron chi connectivity index (χ0n) is 14.7. The van der Waals surface area contributed by atoms with Gasteiger partial charge in [0.05, 0.1) is 17.6 Å². The van der Waals surface area contributed by atoms with Gasteiger partial charge < -0.3 is 15.3 Å². The smallest absolute Gasteiger partial charge is 0.317 e. The number of aliphatic carboxylic acids is 1. The molecule has 138 valence electrons. The first-order valence-corrected chi connectivity index (χ1v) is 9.21. The van der Waals surface area contributed by atoms with Gasteiger partial charge in [-0.1, -0.05) is 0 Å². The van der Waals surface area contributed by atoms with E-state index in [0.717, 1.165) is 5.01 Å². The maximum Gasteiger partial charge on any atom is 0.317 e. The van der Waals surface area contributed by atoms with E-state index in [1.807, 2.05) is 20.8 Å². The van der Waals surface area contributed by atoms with Crippen molar-refractivity contribution in [3.63, 3.8) is 0 Å². The van der Waals surface area contributed by atoms with E-state index in [2.05, 4.69) is 10.3 Å². The van der Waals surface area contributed by atoms with Gasteiger partial charge in [-0.3, -0.25) is 19.3 Å². The number of aromatic nitrogens is 1. The number of rotatable bonds is 7. The molecule has 0 unspecified atom stereocenters. The molecule has 0 saturated carbocycles. The van der Waals surface area contributed by atoms with Gasteiger partial charge in [0.15, 0.2) is 0 Å². The lowest BCUT2D eigenvalue weighted by molar-refractivity contribution is -0.141. The van der Waals surface area contributed by atoms with Gasteiger partial charge in [-0.05, 0) is 27.2 Å². The van der Waals surface area contributed by atoms with Gasteiger partial charge in [0, 0.05) is 31.1 Å². The Morgan fingerprint density at radius 3 is 2.60 bits per heavy atom. The zero-order valence-corrected chi connectivity index (χ0v) is 15.5. The van der Waals surface area contributed by atoms with Crippen molar-refractivity contribution in [2.75, 3.05) is 26.2 Å². The molecule has 1 aromatic heterocycles. The first-order chi connectivity index (χ1) is 11.8. The molecule has 1 aliphatic rings. The van der Waals surface area contributed by atoms with Crippen molar-refractivity contribution in [3.8, 4) is 0 Å². The second-order valence-corrected chi connectivity index (χ2v) is 7.07. The molecule has 1 saturated heterocycles. The molecule has 0 bridgehead atoms. The van der Waals surface area contributed by atoms with E-state index in [4.69, 9.17) is 5.11 Å².